The summed E-state index contributed by atoms with van der Waals surface area (Å²) in [6.07, 6.45) is 0. The molecular formula is C15H23N3O4. The Morgan fingerprint density at radius 1 is 1.14 bits per heavy atom. The van der Waals surface area contributed by atoms with Crippen LogP contribution in [-0.2, 0) is 11.3 Å². The maximum Gasteiger partial charge on any atom is 0.273 e. The monoisotopic (exact) mass is 309 g/mol. The Morgan fingerprint density at radius 3 is 2.50 bits per heavy atom. The Kier molecular flexibility index (Phi) is 6.73. The van der Waals surface area contributed by atoms with Gasteiger partial charge in [-0.25, -0.2) is 0 Å². The van der Waals surface area contributed by atoms with Gasteiger partial charge in [-0.05, 0) is 0 Å². The smallest absolute Gasteiger partial charge is 0.273 e. The fourth-order valence-corrected chi connectivity index (χ4v) is 2.59. The number of nitro benzene ring substituents is 1. The molecule has 1 N–H and O–H groups in total. The summed E-state index contributed by atoms with van der Waals surface area (Å²) in [7, 11) is 0. The summed E-state index contributed by atoms with van der Waals surface area (Å²) in [5.74, 6) is 0. The Labute approximate surface area is 130 Å². The van der Waals surface area contributed by atoms with Crippen LogP contribution in [0.1, 0.15) is 5.56 Å². The fourth-order valence-electron chi connectivity index (χ4n) is 2.59. The van der Waals surface area contributed by atoms with E-state index in [9.17, 15) is 10.1 Å². The van der Waals surface area contributed by atoms with Crippen molar-refractivity contribution in [1.29, 1.82) is 0 Å². The van der Waals surface area contributed by atoms with E-state index >= 15 is 0 Å². The molecule has 0 unspecified atom stereocenters. The average Bonchev–Trinajstić information content (AvgIpc) is 2.53. The summed E-state index contributed by atoms with van der Waals surface area (Å²) in [6, 6.07) is 6.93. The van der Waals surface area contributed by atoms with Crippen molar-refractivity contribution >= 4 is 5.69 Å². The number of nitrogens with zero attached hydrogens (tertiary/aromatic N) is 3. The van der Waals surface area contributed by atoms with Crippen LogP contribution in [0.2, 0.25) is 0 Å². The van der Waals surface area contributed by atoms with Gasteiger partial charge in [-0.2, -0.15) is 0 Å². The zero-order valence-electron chi connectivity index (χ0n) is 12.7. The largest absolute Gasteiger partial charge is 0.394 e. The van der Waals surface area contributed by atoms with Gasteiger partial charge in [0.1, 0.15) is 0 Å². The molecule has 2 rings (SSSR count). The topological polar surface area (TPSA) is 79.1 Å². The molecule has 0 aromatic heterocycles. The minimum absolute atomic E-state index is 0.0592. The molecule has 0 radical (unpaired) electrons. The first kappa shape index (κ1) is 16.8. The molecule has 7 nitrogen and oxygen atoms in total. The highest BCUT2D eigenvalue weighted by molar-refractivity contribution is 5.39. The van der Waals surface area contributed by atoms with Crippen LogP contribution < -0.4 is 0 Å². The normalized spacial score (nSPS) is 16.8. The molecule has 22 heavy (non-hydrogen) atoms. The van der Waals surface area contributed by atoms with Crippen molar-refractivity contribution in [3.63, 3.8) is 0 Å². The number of aliphatic hydroxyl groups is 1. The van der Waals surface area contributed by atoms with Gasteiger partial charge in [0.2, 0.25) is 0 Å². The predicted molar refractivity (Wildman–Crippen MR) is 82.7 cm³/mol. The van der Waals surface area contributed by atoms with Crippen LogP contribution >= 0.6 is 0 Å². The second kappa shape index (κ2) is 8.79. The lowest BCUT2D eigenvalue weighted by atomic mass is 10.1. The van der Waals surface area contributed by atoms with Gasteiger partial charge in [-0.15, -0.1) is 0 Å². The van der Waals surface area contributed by atoms with Crippen LogP contribution in [0.25, 0.3) is 0 Å². The van der Waals surface area contributed by atoms with Crippen molar-refractivity contribution in [2.24, 2.45) is 0 Å². The SMILES string of the molecule is O=[N+]([O-])c1ccccc1CN1CCN(CCOCCO)CC1. The molecule has 0 aliphatic carbocycles. The number of aliphatic hydroxyl groups excluding tert-OH is 1. The summed E-state index contributed by atoms with van der Waals surface area (Å²) in [5.41, 5.74) is 0.967. The second-order valence-electron chi connectivity index (χ2n) is 5.34. The van der Waals surface area contributed by atoms with Crippen molar-refractivity contribution in [3.8, 4) is 0 Å². The number of ether oxygens (including phenoxy) is 1. The van der Waals surface area contributed by atoms with E-state index in [4.69, 9.17) is 9.84 Å². The molecule has 0 spiro atoms. The second-order valence-corrected chi connectivity index (χ2v) is 5.34. The minimum Gasteiger partial charge on any atom is -0.394 e. The first-order valence-electron chi connectivity index (χ1n) is 7.56. The van der Waals surface area contributed by atoms with Crippen LogP contribution in [0.4, 0.5) is 5.69 Å². The first-order chi connectivity index (χ1) is 10.7. The zero-order valence-corrected chi connectivity index (χ0v) is 12.7. The van der Waals surface area contributed by atoms with Crippen LogP contribution in [0.15, 0.2) is 24.3 Å². The molecule has 1 aliphatic rings. The summed E-state index contributed by atoms with van der Waals surface area (Å²) in [4.78, 5) is 15.3. The molecule has 0 bridgehead atoms. The molecular weight excluding hydrogens is 286 g/mol. The zero-order chi connectivity index (χ0) is 15.8. The maximum absolute atomic E-state index is 11.0. The van der Waals surface area contributed by atoms with E-state index in [0.717, 1.165) is 38.3 Å². The number of hydrogen-bond acceptors (Lipinski definition) is 6. The van der Waals surface area contributed by atoms with Gasteiger partial charge < -0.3 is 9.84 Å². The molecule has 1 aromatic carbocycles. The average molecular weight is 309 g/mol. The van der Waals surface area contributed by atoms with Crippen molar-refractivity contribution < 1.29 is 14.8 Å². The van der Waals surface area contributed by atoms with Crippen LogP contribution in [0, 0.1) is 10.1 Å². The predicted octanol–water partition coefficient (Wildman–Crippen LogP) is 0.721. The summed E-state index contributed by atoms with van der Waals surface area (Å²) < 4.78 is 5.27. The molecule has 122 valence electrons. The molecule has 1 saturated heterocycles. The Bertz CT molecular complexity index is 476. The highest BCUT2D eigenvalue weighted by atomic mass is 16.6. The van der Waals surface area contributed by atoms with E-state index in [1.165, 1.54) is 0 Å². The molecule has 0 amide bonds. The third-order valence-electron chi connectivity index (χ3n) is 3.83. The van der Waals surface area contributed by atoms with Crippen LogP contribution in [0.5, 0.6) is 0 Å². The number of rotatable bonds is 8. The van der Waals surface area contributed by atoms with E-state index in [-0.39, 0.29) is 17.2 Å². The minimum atomic E-state index is -0.315. The first-order valence-corrected chi connectivity index (χ1v) is 7.56. The van der Waals surface area contributed by atoms with Gasteiger partial charge in [0.05, 0.1) is 24.7 Å². The lowest BCUT2D eigenvalue weighted by molar-refractivity contribution is -0.385. The third-order valence-corrected chi connectivity index (χ3v) is 3.83. The summed E-state index contributed by atoms with van der Waals surface area (Å²) in [5, 5.41) is 19.7. The van der Waals surface area contributed by atoms with Crippen molar-refractivity contribution in [3.05, 3.63) is 39.9 Å². The van der Waals surface area contributed by atoms with Crippen molar-refractivity contribution in [1.82, 2.24) is 9.80 Å². The Balaban J connectivity index is 1.77. The molecule has 0 saturated carbocycles. The highest BCUT2D eigenvalue weighted by Gasteiger charge is 2.20. The van der Waals surface area contributed by atoms with Gasteiger partial charge in [0, 0.05) is 50.9 Å². The molecule has 1 fully saturated rings. The van der Waals surface area contributed by atoms with E-state index in [2.05, 4.69) is 9.80 Å². The van der Waals surface area contributed by atoms with Gasteiger partial charge >= 0.3 is 0 Å². The number of piperazine rings is 1. The van der Waals surface area contributed by atoms with E-state index in [1.54, 1.807) is 12.1 Å². The van der Waals surface area contributed by atoms with Crippen LogP contribution in [0.3, 0.4) is 0 Å². The molecule has 7 heteroatoms. The number of nitro groups is 1. The van der Waals surface area contributed by atoms with Gasteiger partial charge in [-0.3, -0.25) is 19.9 Å². The maximum atomic E-state index is 11.0. The lowest BCUT2D eigenvalue weighted by Gasteiger charge is -2.34. The van der Waals surface area contributed by atoms with Crippen molar-refractivity contribution in [2.75, 3.05) is 52.5 Å². The fraction of sp³-hybridized carbons (Fsp3) is 0.600. The molecule has 1 aromatic rings. The van der Waals surface area contributed by atoms with E-state index in [1.807, 2.05) is 12.1 Å². The van der Waals surface area contributed by atoms with E-state index in [0.29, 0.717) is 19.8 Å². The molecule has 1 heterocycles. The summed E-state index contributed by atoms with van der Waals surface area (Å²) >= 11 is 0. The summed E-state index contributed by atoms with van der Waals surface area (Å²) in [6.45, 7) is 6.21. The van der Waals surface area contributed by atoms with E-state index < -0.39 is 0 Å². The number of para-hydroxylation sites is 1. The lowest BCUT2D eigenvalue weighted by Crippen LogP contribution is -2.46. The van der Waals surface area contributed by atoms with Crippen LogP contribution in [-0.4, -0.2) is 72.4 Å². The van der Waals surface area contributed by atoms with Crippen molar-refractivity contribution in [2.45, 2.75) is 6.54 Å². The molecule has 0 atom stereocenters. The Morgan fingerprint density at radius 2 is 1.82 bits per heavy atom. The number of benzene rings is 1. The standard InChI is InChI=1S/C15H23N3O4/c19-10-12-22-11-9-16-5-7-17(8-6-16)13-14-3-1-2-4-15(14)18(20)21/h1-4,19H,5-13H2. The number of hydrogen-bond donors (Lipinski definition) is 1. The Hall–Kier alpha value is -1.54. The third kappa shape index (κ3) is 5.03. The van der Waals surface area contributed by atoms with Gasteiger partial charge in [0.15, 0.2) is 0 Å². The highest BCUT2D eigenvalue weighted by Crippen LogP contribution is 2.20. The molecule has 1 aliphatic heterocycles. The van der Waals surface area contributed by atoms with Gasteiger partial charge in [-0.1, -0.05) is 18.2 Å². The van der Waals surface area contributed by atoms with Gasteiger partial charge in [0.25, 0.3) is 5.69 Å². The quantitative estimate of drug-likeness (QED) is 0.433.